The van der Waals surface area contributed by atoms with E-state index in [-0.39, 0.29) is 21.5 Å². The maximum Gasteiger partial charge on any atom is 0.311 e. The molecule has 0 bridgehead atoms. The van der Waals surface area contributed by atoms with Gasteiger partial charge < -0.3 is 5.11 Å². The molecular formula is C15H10BrClF2O2. The summed E-state index contributed by atoms with van der Waals surface area (Å²) in [7, 11) is 0. The SMILES string of the molecule is O=C(O)C(Cc1c(F)ccc(Br)c1F)c1ccccc1Cl. The van der Waals surface area contributed by atoms with E-state index < -0.39 is 23.5 Å². The zero-order valence-electron chi connectivity index (χ0n) is 10.6. The van der Waals surface area contributed by atoms with Crippen LogP contribution in [0.3, 0.4) is 0 Å². The number of benzene rings is 2. The molecule has 0 fully saturated rings. The Morgan fingerprint density at radius 3 is 2.52 bits per heavy atom. The van der Waals surface area contributed by atoms with Gasteiger partial charge in [-0.05, 0) is 46.1 Å². The van der Waals surface area contributed by atoms with E-state index in [1.54, 1.807) is 18.2 Å². The number of carboxylic acid groups (broad SMARTS) is 1. The minimum absolute atomic E-state index is 0.0854. The molecule has 0 aliphatic carbocycles. The van der Waals surface area contributed by atoms with Crippen LogP contribution in [-0.2, 0) is 11.2 Å². The van der Waals surface area contributed by atoms with Crippen molar-refractivity contribution in [3.8, 4) is 0 Å². The normalized spacial score (nSPS) is 12.2. The summed E-state index contributed by atoms with van der Waals surface area (Å²) < 4.78 is 27.9. The summed E-state index contributed by atoms with van der Waals surface area (Å²) in [4.78, 5) is 11.4. The Bertz CT molecular complexity index is 691. The molecule has 2 rings (SSSR count). The second-order valence-electron chi connectivity index (χ2n) is 4.44. The molecule has 0 aromatic heterocycles. The van der Waals surface area contributed by atoms with Gasteiger partial charge in [-0.15, -0.1) is 0 Å². The summed E-state index contributed by atoms with van der Waals surface area (Å²) in [6.45, 7) is 0. The van der Waals surface area contributed by atoms with Crippen LogP contribution in [0.2, 0.25) is 5.02 Å². The Hall–Kier alpha value is -1.46. The molecule has 0 saturated heterocycles. The maximum absolute atomic E-state index is 14.0. The third-order valence-corrected chi connectivity index (χ3v) is 4.08. The molecular weight excluding hydrogens is 366 g/mol. The highest BCUT2D eigenvalue weighted by molar-refractivity contribution is 9.10. The van der Waals surface area contributed by atoms with E-state index in [4.69, 9.17) is 11.6 Å². The number of carboxylic acids is 1. The van der Waals surface area contributed by atoms with E-state index in [0.29, 0.717) is 5.56 Å². The van der Waals surface area contributed by atoms with Crippen LogP contribution in [0.5, 0.6) is 0 Å². The van der Waals surface area contributed by atoms with E-state index in [9.17, 15) is 18.7 Å². The molecule has 2 aromatic rings. The fraction of sp³-hybridized carbons (Fsp3) is 0.133. The lowest BCUT2D eigenvalue weighted by Crippen LogP contribution is -2.16. The fourth-order valence-corrected chi connectivity index (χ4v) is 2.69. The van der Waals surface area contributed by atoms with Gasteiger partial charge >= 0.3 is 5.97 Å². The van der Waals surface area contributed by atoms with Crippen LogP contribution >= 0.6 is 27.5 Å². The first-order valence-electron chi connectivity index (χ1n) is 6.01. The number of aliphatic carboxylic acids is 1. The average molecular weight is 376 g/mol. The number of carbonyl (C=O) groups is 1. The van der Waals surface area contributed by atoms with Crippen LogP contribution in [0.15, 0.2) is 40.9 Å². The molecule has 110 valence electrons. The molecule has 2 aromatic carbocycles. The highest BCUT2D eigenvalue weighted by Crippen LogP contribution is 2.31. The van der Waals surface area contributed by atoms with Gasteiger partial charge in [-0.2, -0.15) is 0 Å². The average Bonchev–Trinajstić information content (AvgIpc) is 2.44. The third-order valence-electron chi connectivity index (χ3n) is 3.13. The first kappa shape index (κ1) is 15.9. The second-order valence-corrected chi connectivity index (χ2v) is 5.70. The molecule has 21 heavy (non-hydrogen) atoms. The highest BCUT2D eigenvalue weighted by Gasteiger charge is 2.26. The van der Waals surface area contributed by atoms with Crippen molar-refractivity contribution >= 4 is 33.5 Å². The van der Waals surface area contributed by atoms with E-state index in [0.717, 1.165) is 6.07 Å². The number of rotatable bonds is 4. The van der Waals surface area contributed by atoms with Gasteiger partial charge in [0.05, 0.1) is 10.4 Å². The Morgan fingerprint density at radius 1 is 1.24 bits per heavy atom. The van der Waals surface area contributed by atoms with E-state index in [1.807, 2.05) is 0 Å². The highest BCUT2D eigenvalue weighted by atomic mass is 79.9. The van der Waals surface area contributed by atoms with Crippen LogP contribution in [0, 0.1) is 11.6 Å². The summed E-state index contributed by atoms with van der Waals surface area (Å²) in [5, 5.41) is 9.60. The van der Waals surface area contributed by atoms with Gasteiger partial charge in [0.15, 0.2) is 0 Å². The number of hydrogen-bond donors (Lipinski definition) is 1. The molecule has 2 nitrogen and oxygen atoms in total. The third kappa shape index (κ3) is 3.41. The van der Waals surface area contributed by atoms with Crippen molar-refractivity contribution < 1.29 is 18.7 Å². The summed E-state index contributed by atoms with van der Waals surface area (Å²) in [5.41, 5.74) is 0.0436. The van der Waals surface area contributed by atoms with Crippen LogP contribution in [-0.4, -0.2) is 11.1 Å². The zero-order chi connectivity index (χ0) is 15.6. The van der Waals surface area contributed by atoms with Gasteiger partial charge in [-0.25, -0.2) is 8.78 Å². The Kier molecular flexibility index (Phi) is 4.96. The molecule has 0 heterocycles. The molecule has 1 unspecified atom stereocenters. The van der Waals surface area contributed by atoms with Crippen molar-refractivity contribution in [1.29, 1.82) is 0 Å². The first-order chi connectivity index (χ1) is 9.91. The molecule has 6 heteroatoms. The second kappa shape index (κ2) is 6.54. The molecule has 0 amide bonds. The van der Waals surface area contributed by atoms with Crippen molar-refractivity contribution in [2.45, 2.75) is 12.3 Å². The van der Waals surface area contributed by atoms with E-state index in [1.165, 1.54) is 12.1 Å². The van der Waals surface area contributed by atoms with Gasteiger partial charge in [0.2, 0.25) is 0 Å². The molecule has 1 N–H and O–H groups in total. The lowest BCUT2D eigenvalue weighted by Gasteiger charge is -2.15. The van der Waals surface area contributed by atoms with Gasteiger partial charge in [-0.3, -0.25) is 4.79 Å². The number of hydrogen-bond acceptors (Lipinski definition) is 1. The van der Waals surface area contributed by atoms with Crippen LogP contribution in [0.1, 0.15) is 17.0 Å². The Morgan fingerprint density at radius 2 is 1.90 bits per heavy atom. The van der Waals surface area contributed by atoms with Gasteiger partial charge in [0.25, 0.3) is 0 Å². The van der Waals surface area contributed by atoms with E-state index in [2.05, 4.69) is 15.9 Å². The predicted molar refractivity (Wildman–Crippen MR) is 79.6 cm³/mol. The van der Waals surface area contributed by atoms with Gasteiger partial charge in [0, 0.05) is 10.6 Å². The van der Waals surface area contributed by atoms with Crippen molar-refractivity contribution in [3.05, 3.63) is 68.7 Å². The maximum atomic E-state index is 14.0. The van der Waals surface area contributed by atoms with Crippen LogP contribution < -0.4 is 0 Å². The van der Waals surface area contributed by atoms with Crippen molar-refractivity contribution in [1.82, 2.24) is 0 Å². The minimum Gasteiger partial charge on any atom is -0.481 e. The van der Waals surface area contributed by atoms with Crippen LogP contribution in [0.25, 0.3) is 0 Å². The molecule has 0 aliphatic rings. The molecule has 0 radical (unpaired) electrons. The molecule has 1 atom stereocenters. The van der Waals surface area contributed by atoms with Crippen molar-refractivity contribution in [2.75, 3.05) is 0 Å². The first-order valence-corrected chi connectivity index (χ1v) is 7.18. The molecule has 0 spiro atoms. The molecule has 0 saturated carbocycles. The van der Waals surface area contributed by atoms with Crippen molar-refractivity contribution in [2.24, 2.45) is 0 Å². The smallest absolute Gasteiger partial charge is 0.311 e. The lowest BCUT2D eigenvalue weighted by atomic mass is 9.91. The summed E-state index contributed by atoms with van der Waals surface area (Å²) in [5.74, 6) is -3.90. The predicted octanol–water partition coefficient (Wildman–Crippen LogP) is 4.79. The summed E-state index contributed by atoms with van der Waals surface area (Å²) in [6, 6.07) is 8.69. The zero-order valence-corrected chi connectivity index (χ0v) is 13.0. The summed E-state index contributed by atoms with van der Waals surface area (Å²) >= 11 is 8.94. The summed E-state index contributed by atoms with van der Waals surface area (Å²) in [6.07, 6.45) is -0.323. The monoisotopic (exact) mass is 374 g/mol. The van der Waals surface area contributed by atoms with Gasteiger partial charge in [0.1, 0.15) is 11.6 Å². The van der Waals surface area contributed by atoms with Crippen molar-refractivity contribution in [3.63, 3.8) is 0 Å². The standard InChI is InChI=1S/C15H10BrClF2O2/c16-11-5-6-13(18)10(14(11)19)7-9(15(20)21)8-3-1-2-4-12(8)17/h1-6,9H,7H2,(H,20,21). The minimum atomic E-state index is -1.19. The number of halogens is 4. The fourth-order valence-electron chi connectivity index (χ4n) is 2.05. The lowest BCUT2D eigenvalue weighted by molar-refractivity contribution is -0.138. The quantitative estimate of drug-likeness (QED) is 0.780. The Labute approximate surface area is 133 Å². The largest absolute Gasteiger partial charge is 0.481 e. The van der Waals surface area contributed by atoms with Gasteiger partial charge in [-0.1, -0.05) is 29.8 Å². The topological polar surface area (TPSA) is 37.3 Å². The van der Waals surface area contributed by atoms with E-state index >= 15 is 0 Å². The van der Waals surface area contributed by atoms with Crippen LogP contribution in [0.4, 0.5) is 8.78 Å². The Balaban J connectivity index is 2.46. The molecule has 0 aliphatic heterocycles.